The molecule has 1 heterocycles. The smallest absolute Gasteiger partial charge is 0.420 e. The Labute approximate surface area is 142 Å². The Morgan fingerprint density at radius 2 is 2.04 bits per heavy atom. The second kappa shape index (κ2) is 6.72. The lowest BCUT2D eigenvalue weighted by Gasteiger charge is -2.07. The first-order valence-electron chi connectivity index (χ1n) is 7.68. The number of fused-ring (bicyclic) bond motifs is 1. The Morgan fingerprint density at radius 1 is 1.24 bits per heavy atom. The van der Waals surface area contributed by atoms with Crippen LogP contribution in [0.5, 0.6) is 11.5 Å². The van der Waals surface area contributed by atoms with Crippen molar-refractivity contribution in [3.05, 3.63) is 58.1 Å². The largest absolute Gasteiger partial charge is 0.504 e. The van der Waals surface area contributed by atoms with Crippen LogP contribution in [0.1, 0.15) is 11.1 Å². The molecule has 3 aromatic rings. The molecule has 0 aliphatic carbocycles. The summed E-state index contributed by atoms with van der Waals surface area (Å²) in [7, 11) is 1.49. The van der Waals surface area contributed by atoms with E-state index in [-0.39, 0.29) is 5.75 Å². The van der Waals surface area contributed by atoms with Crippen LogP contribution in [0.4, 0.5) is 0 Å². The molecule has 0 saturated heterocycles. The SMILES string of the molecule is COc1cc(CCc2cccc3c2oc(=O)n3CC(=O)O)ccc1O. The van der Waals surface area contributed by atoms with Gasteiger partial charge in [-0.1, -0.05) is 18.2 Å². The van der Waals surface area contributed by atoms with Crippen molar-refractivity contribution in [1.29, 1.82) is 0 Å². The number of carboxylic acids is 1. The van der Waals surface area contributed by atoms with Crippen molar-refractivity contribution in [2.45, 2.75) is 19.4 Å². The zero-order chi connectivity index (χ0) is 18.0. The summed E-state index contributed by atoms with van der Waals surface area (Å²) in [4.78, 5) is 22.8. The normalized spacial score (nSPS) is 10.9. The lowest BCUT2D eigenvalue weighted by atomic mass is 10.0. The minimum atomic E-state index is -1.11. The highest BCUT2D eigenvalue weighted by Gasteiger charge is 2.15. The lowest BCUT2D eigenvalue weighted by Crippen LogP contribution is -2.19. The van der Waals surface area contributed by atoms with Crippen molar-refractivity contribution >= 4 is 17.1 Å². The summed E-state index contributed by atoms with van der Waals surface area (Å²) in [5.41, 5.74) is 2.64. The molecule has 0 unspecified atom stereocenters. The summed E-state index contributed by atoms with van der Waals surface area (Å²) in [6.07, 6.45) is 1.23. The molecule has 1 aromatic heterocycles. The number of phenolic OH excluding ortho intramolecular Hbond substituents is 1. The van der Waals surface area contributed by atoms with Crippen molar-refractivity contribution in [3.63, 3.8) is 0 Å². The molecule has 0 bridgehead atoms. The van der Waals surface area contributed by atoms with Gasteiger partial charge in [-0.25, -0.2) is 4.79 Å². The van der Waals surface area contributed by atoms with Gasteiger partial charge >= 0.3 is 11.7 Å². The molecular weight excluding hydrogens is 326 g/mol. The number of hydrogen-bond acceptors (Lipinski definition) is 5. The van der Waals surface area contributed by atoms with E-state index in [2.05, 4.69) is 0 Å². The number of rotatable bonds is 6. The number of phenols is 1. The van der Waals surface area contributed by atoms with Gasteiger partial charge in [-0.3, -0.25) is 9.36 Å². The number of aliphatic carboxylic acids is 1. The van der Waals surface area contributed by atoms with E-state index in [1.807, 2.05) is 6.07 Å². The van der Waals surface area contributed by atoms with E-state index >= 15 is 0 Å². The maximum absolute atomic E-state index is 11.9. The standard InChI is InChI=1S/C18H17NO6/c1-24-15-9-11(6-8-14(15)20)5-7-12-3-2-4-13-17(12)25-18(23)19(13)10-16(21)22/h2-4,6,8-9,20H,5,7,10H2,1H3,(H,21,22). The number of nitrogens with zero attached hydrogens (tertiary/aromatic N) is 1. The van der Waals surface area contributed by atoms with Crippen LogP contribution in [0.2, 0.25) is 0 Å². The van der Waals surface area contributed by atoms with Crippen molar-refractivity contribution in [3.8, 4) is 11.5 Å². The molecular formula is C18H17NO6. The quantitative estimate of drug-likeness (QED) is 0.711. The lowest BCUT2D eigenvalue weighted by molar-refractivity contribution is -0.137. The Kier molecular flexibility index (Phi) is 4.47. The molecule has 130 valence electrons. The van der Waals surface area contributed by atoms with E-state index in [1.54, 1.807) is 30.3 Å². The molecule has 0 aliphatic rings. The first kappa shape index (κ1) is 16.6. The third-order valence-corrected chi connectivity index (χ3v) is 4.00. The van der Waals surface area contributed by atoms with Crippen molar-refractivity contribution in [2.24, 2.45) is 0 Å². The minimum absolute atomic E-state index is 0.0742. The van der Waals surface area contributed by atoms with Gasteiger partial charge in [-0.15, -0.1) is 0 Å². The van der Waals surface area contributed by atoms with Gasteiger partial charge < -0.3 is 19.4 Å². The van der Waals surface area contributed by atoms with Crippen LogP contribution in [0.15, 0.2) is 45.6 Å². The number of benzene rings is 2. The predicted octanol–water partition coefficient (Wildman–Crippen LogP) is 2.18. The van der Waals surface area contributed by atoms with E-state index in [9.17, 15) is 14.7 Å². The Hall–Kier alpha value is -3.22. The molecule has 7 nitrogen and oxygen atoms in total. The van der Waals surface area contributed by atoms with E-state index in [0.29, 0.717) is 29.7 Å². The summed E-state index contributed by atoms with van der Waals surface area (Å²) in [5.74, 6) is -1.32. The molecule has 0 spiro atoms. The van der Waals surface area contributed by atoms with Gasteiger partial charge in [0.2, 0.25) is 0 Å². The minimum Gasteiger partial charge on any atom is -0.504 e. The average Bonchev–Trinajstić information content (AvgIpc) is 2.90. The number of carboxylic acid groups (broad SMARTS) is 1. The van der Waals surface area contributed by atoms with Crippen LogP contribution in [-0.2, 0) is 24.2 Å². The molecule has 0 saturated carbocycles. The van der Waals surface area contributed by atoms with Crippen molar-refractivity contribution in [2.75, 3.05) is 7.11 Å². The van der Waals surface area contributed by atoms with Crippen molar-refractivity contribution in [1.82, 2.24) is 4.57 Å². The Balaban J connectivity index is 1.89. The molecule has 0 amide bonds. The van der Waals surface area contributed by atoms with Crippen LogP contribution in [0, 0.1) is 0 Å². The highest BCUT2D eigenvalue weighted by Crippen LogP contribution is 2.27. The fourth-order valence-electron chi connectivity index (χ4n) is 2.78. The van der Waals surface area contributed by atoms with Gasteiger partial charge in [0, 0.05) is 0 Å². The van der Waals surface area contributed by atoms with E-state index in [4.69, 9.17) is 14.3 Å². The van der Waals surface area contributed by atoms with Gasteiger partial charge in [0.25, 0.3) is 0 Å². The van der Waals surface area contributed by atoms with Crippen LogP contribution < -0.4 is 10.5 Å². The third kappa shape index (κ3) is 3.35. The second-order valence-electron chi connectivity index (χ2n) is 5.62. The summed E-state index contributed by atoms with van der Waals surface area (Å²) in [6.45, 7) is -0.440. The number of aromatic nitrogens is 1. The molecule has 2 aromatic carbocycles. The molecule has 0 aliphatic heterocycles. The Bertz CT molecular complexity index is 985. The number of para-hydroxylation sites is 1. The van der Waals surface area contributed by atoms with Crippen LogP contribution in [0.3, 0.4) is 0 Å². The number of ether oxygens (including phenoxy) is 1. The summed E-state index contributed by atoms with van der Waals surface area (Å²) in [6, 6.07) is 10.4. The monoisotopic (exact) mass is 343 g/mol. The third-order valence-electron chi connectivity index (χ3n) is 4.00. The summed E-state index contributed by atoms with van der Waals surface area (Å²) >= 11 is 0. The van der Waals surface area contributed by atoms with Gasteiger partial charge in [-0.05, 0) is 42.2 Å². The summed E-state index contributed by atoms with van der Waals surface area (Å²) < 4.78 is 11.5. The number of carbonyl (C=O) groups is 1. The van der Waals surface area contributed by atoms with Crippen LogP contribution in [-0.4, -0.2) is 27.9 Å². The number of oxazole rings is 1. The van der Waals surface area contributed by atoms with Gasteiger partial charge in [-0.2, -0.15) is 0 Å². The van der Waals surface area contributed by atoms with Crippen LogP contribution in [0.25, 0.3) is 11.1 Å². The average molecular weight is 343 g/mol. The van der Waals surface area contributed by atoms with Gasteiger partial charge in [0.05, 0.1) is 12.6 Å². The molecule has 2 N–H and O–H groups in total. The maximum atomic E-state index is 11.9. The molecule has 3 rings (SSSR count). The first-order chi connectivity index (χ1) is 12.0. The Morgan fingerprint density at radius 3 is 2.76 bits per heavy atom. The zero-order valence-corrected chi connectivity index (χ0v) is 13.6. The number of aryl methyl sites for hydroxylation is 2. The zero-order valence-electron chi connectivity index (χ0n) is 13.6. The fraction of sp³-hybridized carbons (Fsp3) is 0.222. The van der Waals surface area contributed by atoms with Gasteiger partial charge in [0.15, 0.2) is 17.1 Å². The number of hydrogen-bond donors (Lipinski definition) is 2. The molecule has 0 fully saturated rings. The van der Waals surface area contributed by atoms with Crippen LogP contribution >= 0.6 is 0 Å². The van der Waals surface area contributed by atoms with Crippen molar-refractivity contribution < 1.29 is 24.2 Å². The number of aromatic hydroxyl groups is 1. The topological polar surface area (TPSA) is 102 Å². The van der Waals surface area contributed by atoms with E-state index in [1.165, 1.54) is 7.11 Å². The molecule has 7 heteroatoms. The van der Waals surface area contributed by atoms with E-state index < -0.39 is 18.3 Å². The maximum Gasteiger partial charge on any atom is 0.420 e. The van der Waals surface area contributed by atoms with E-state index in [0.717, 1.165) is 15.7 Å². The second-order valence-corrected chi connectivity index (χ2v) is 5.62. The summed E-state index contributed by atoms with van der Waals surface area (Å²) in [5, 5.41) is 18.6. The highest BCUT2D eigenvalue weighted by molar-refractivity contribution is 5.78. The first-order valence-corrected chi connectivity index (χ1v) is 7.68. The van der Waals surface area contributed by atoms with Gasteiger partial charge in [0.1, 0.15) is 6.54 Å². The highest BCUT2D eigenvalue weighted by atomic mass is 16.5. The predicted molar refractivity (Wildman–Crippen MR) is 90.2 cm³/mol. The molecule has 0 atom stereocenters. The molecule has 25 heavy (non-hydrogen) atoms. The number of methoxy groups -OCH3 is 1. The fourth-order valence-corrected chi connectivity index (χ4v) is 2.78. The molecule has 0 radical (unpaired) electrons.